The van der Waals surface area contributed by atoms with Gasteiger partial charge < -0.3 is 19.9 Å². The van der Waals surface area contributed by atoms with Gasteiger partial charge in [0.1, 0.15) is 11.5 Å². The van der Waals surface area contributed by atoms with E-state index in [1.807, 2.05) is 108 Å². The van der Waals surface area contributed by atoms with Crippen LogP contribution in [0.3, 0.4) is 0 Å². The Morgan fingerprint density at radius 3 is 2.12 bits per heavy atom. The van der Waals surface area contributed by atoms with Gasteiger partial charge in [-0.05, 0) is 72.5 Å². The Morgan fingerprint density at radius 2 is 1.52 bits per heavy atom. The maximum atomic E-state index is 14.0. The molecule has 0 aliphatic carbocycles. The normalized spacial score (nSPS) is 14.8. The van der Waals surface area contributed by atoms with Crippen molar-refractivity contribution in [3.8, 4) is 22.6 Å². The van der Waals surface area contributed by atoms with Crippen LogP contribution >= 0.6 is 0 Å². The molecule has 0 bridgehead atoms. The lowest BCUT2D eigenvalue weighted by molar-refractivity contribution is -0.108. The maximum Gasteiger partial charge on any atom is 0.318 e. The molecule has 248 valence electrons. The first-order valence-electron chi connectivity index (χ1n) is 15.5. The van der Waals surface area contributed by atoms with Crippen molar-refractivity contribution in [3.63, 3.8) is 0 Å². The zero-order valence-corrected chi connectivity index (χ0v) is 27.2. The van der Waals surface area contributed by atoms with Crippen molar-refractivity contribution in [3.05, 3.63) is 128 Å². The molecule has 5 aromatic rings. The molecule has 1 aromatic heterocycles. The number of amides is 3. The number of rotatable bonds is 11. The lowest BCUT2D eigenvalue weighted by Crippen LogP contribution is -2.55. The van der Waals surface area contributed by atoms with Crippen molar-refractivity contribution in [1.82, 2.24) is 19.2 Å². The molecular formula is C36H38N6O5S. The van der Waals surface area contributed by atoms with Crippen LogP contribution in [0.1, 0.15) is 12.8 Å². The number of carbonyl (C=O) groups is 2. The number of aryl methyl sites for hydroxylation is 1. The molecule has 1 fully saturated rings. The van der Waals surface area contributed by atoms with Crippen LogP contribution in [-0.4, -0.2) is 60.4 Å². The molecule has 11 nitrogen and oxygen atoms in total. The molecule has 0 saturated carbocycles. The maximum absolute atomic E-state index is 14.0. The summed E-state index contributed by atoms with van der Waals surface area (Å²) in [6.07, 6.45) is 7.32. The van der Waals surface area contributed by atoms with Gasteiger partial charge in [0, 0.05) is 50.3 Å². The standard InChI is InChI=1S/C34H34N4O3S.C2H4N2O2/c39-42(40,34-19-13-29(14-20-34)28-8-3-1-4-9-28)38-25-24-37(26-31(38)10-7-22-36-23-21-35-27-36)30-15-17-33(18-16-30)41-32-11-5-2-6-12-32;3-2(6)4-1-5/h1-6,8-9,11-21,23,27,31H,7,10,22,24-26H2;1H,(H3,3,4,5,6). The van der Waals surface area contributed by atoms with E-state index in [2.05, 4.69) is 15.6 Å². The van der Waals surface area contributed by atoms with Crippen LogP contribution in [0.5, 0.6) is 11.5 Å². The molecule has 1 atom stereocenters. The molecule has 12 heteroatoms. The third-order valence-corrected chi connectivity index (χ3v) is 9.86. The van der Waals surface area contributed by atoms with Gasteiger partial charge in [-0.3, -0.25) is 10.1 Å². The molecule has 1 aliphatic rings. The van der Waals surface area contributed by atoms with Crippen molar-refractivity contribution in [2.24, 2.45) is 5.73 Å². The quantitative estimate of drug-likeness (QED) is 0.177. The first-order chi connectivity index (χ1) is 23.3. The predicted octanol–water partition coefficient (Wildman–Crippen LogP) is 5.51. The number of nitrogens with one attached hydrogen (secondary N) is 1. The average Bonchev–Trinajstić information content (AvgIpc) is 3.63. The lowest BCUT2D eigenvalue weighted by Gasteiger charge is -2.41. The zero-order valence-electron chi connectivity index (χ0n) is 26.3. The Morgan fingerprint density at radius 1 is 0.875 bits per heavy atom. The van der Waals surface area contributed by atoms with Crippen molar-refractivity contribution in [2.45, 2.75) is 30.3 Å². The van der Waals surface area contributed by atoms with Crippen LogP contribution in [0.15, 0.2) is 133 Å². The second-order valence-corrected chi connectivity index (χ2v) is 13.0. The van der Waals surface area contributed by atoms with Crippen LogP contribution in [-0.2, 0) is 21.4 Å². The van der Waals surface area contributed by atoms with Crippen LogP contribution in [0.2, 0.25) is 0 Å². The van der Waals surface area contributed by atoms with Crippen LogP contribution < -0.4 is 20.7 Å². The Labute approximate surface area is 280 Å². The van der Waals surface area contributed by atoms with Crippen molar-refractivity contribution in [2.75, 3.05) is 24.5 Å². The van der Waals surface area contributed by atoms with Gasteiger partial charge in [-0.15, -0.1) is 0 Å². The number of imidazole rings is 1. The number of anilines is 1. The number of hydrogen-bond donors (Lipinski definition) is 2. The molecule has 4 aromatic carbocycles. The smallest absolute Gasteiger partial charge is 0.318 e. The Bertz CT molecular complexity index is 1840. The molecule has 0 radical (unpaired) electrons. The van der Waals surface area contributed by atoms with E-state index >= 15 is 0 Å². The summed E-state index contributed by atoms with van der Waals surface area (Å²) in [5.74, 6) is 1.56. The highest BCUT2D eigenvalue weighted by atomic mass is 32.2. The number of nitrogens with zero attached hydrogens (tertiary/aromatic N) is 4. The number of piperazine rings is 1. The van der Waals surface area contributed by atoms with E-state index in [9.17, 15) is 18.0 Å². The Kier molecular flexibility index (Phi) is 11.6. The third kappa shape index (κ3) is 9.08. The summed E-state index contributed by atoms with van der Waals surface area (Å²) in [7, 11) is -3.67. The molecule has 3 amide bonds. The number of para-hydroxylation sites is 1. The first kappa shape index (κ1) is 33.9. The van der Waals surface area contributed by atoms with Crippen molar-refractivity contribution in [1.29, 1.82) is 0 Å². The molecule has 3 N–H and O–H groups in total. The summed E-state index contributed by atoms with van der Waals surface area (Å²) in [6, 6.07) is 34.0. The molecule has 2 heterocycles. The van der Waals surface area contributed by atoms with E-state index in [1.165, 1.54) is 0 Å². The molecule has 6 rings (SSSR count). The van der Waals surface area contributed by atoms with Gasteiger partial charge in [0.05, 0.1) is 11.2 Å². The van der Waals surface area contributed by atoms with E-state index in [4.69, 9.17) is 4.74 Å². The highest BCUT2D eigenvalue weighted by molar-refractivity contribution is 7.89. The Balaban J connectivity index is 0.000000689. The number of aromatic nitrogens is 2. The van der Waals surface area contributed by atoms with Gasteiger partial charge in [-0.2, -0.15) is 4.31 Å². The molecule has 1 saturated heterocycles. The van der Waals surface area contributed by atoms with E-state index < -0.39 is 16.1 Å². The number of hydrogen-bond acceptors (Lipinski definition) is 7. The number of urea groups is 1. The van der Waals surface area contributed by atoms with Gasteiger partial charge in [0.15, 0.2) is 0 Å². The summed E-state index contributed by atoms with van der Waals surface area (Å²) in [5, 5.41) is 1.67. The minimum Gasteiger partial charge on any atom is -0.457 e. The second-order valence-electron chi connectivity index (χ2n) is 11.1. The van der Waals surface area contributed by atoms with Gasteiger partial charge in [-0.25, -0.2) is 18.2 Å². The molecule has 1 aliphatic heterocycles. The number of sulfonamides is 1. The number of primary amides is 1. The summed E-state index contributed by atoms with van der Waals surface area (Å²) < 4.78 is 37.7. The highest BCUT2D eigenvalue weighted by Gasteiger charge is 2.36. The summed E-state index contributed by atoms with van der Waals surface area (Å²) in [6.45, 7) is 2.44. The number of imide groups is 1. The molecule has 0 spiro atoms. The SMILES string of the molecule is NC(=O)NC=O.O=S(=O)(c1ccc(-c2ccccc2)cc1)N1CCN(c2ccc(Oc3ccccc3)cc2)CC1CCCn1ccnc1. The number of benzene rings is 4. The molecule has 48 heavy (non-hydrogen) atoms. The largest absolute Gasteiger partial charge is 0.457 e. The van der Waals surface area contributed by atoms with Gasteiger partial charge in [0.2, 0.25) is 16.4 Å². The Hall–Kier alpha value is -5.46. The van der Waals surface area contributed by atoms with Crippen LogP contribution in [0.4, 0.5) is 10.5 Å². The third-order valence-electron chi connectivity index (χ3n) is 7.89. The van der Waals surface area contributed by atoms with E-state index in [-0.39, 0.29) is 12.5 Å². The highest BCUT2D eigenvalue weighted by Crippen LogP contribution is 2.30. The van der Waals surface area contributed by atoms with Crippen LogP contribution in [0, 0.1) is 0 Å². The van der Waals surface area contributed by atoms with Gasteiger partial charge >= 0.3 is 6.03 Å². The lowest BCUT2D eigenvalue weighted by atomic mass is 10.1. The summed E-state index contributed by atoms with van der Waals surface area (Å²) in [5.41, 5.74) is 7.54. The van der Waals surface area contributed by atoms with Crippen LogP contribution in [0.25, 0.3) is 11.1 Å². The van der Waals surface area contributed by atoms with Gasteiger partial charge in [-0.1, -0.05) is 60.7 Å². The monoisotopic (exact) mass is 666 g/mol. The second kappa shape index (κ2) is 16.4. The molecule has 1 unspecified atom stereocenters. The number of nitrogens with two attached hydrogens (primary N) is 1. The average molecular weight is 667 g/mol. The fraction of sp³-hybridized carbons (Fsp3) is 0.194. The molecular weight excluding hydrogens is 629 g/mol. The fourth-order valence-corrected chi connectivity index (χ4v) is 7.18. The van der Waals surface area contributed by atoms with Gasteiger partial charge in [0.25, 0.3) is 0 Å². The summed E-state index contributed by atoms with van der Waals surface area (Å²) in [4.78, 5) is 25.4. The first-order valence-corrected chi connectivity index (χ1v) is 17.0. The van der Waals surface area contributed by atoms with Crippen molar-refractivity contribution < 1.29 is 22.7 Å². The van der Waals surface area contributed by atoms with E-state index in [0.29, 0.717) is 24.5 Å². The topological polar surface area (TPSA) is 140 Å². The summed E-state index contributed by atoms with van der Waals surface area (Å²) >= 11 is 0. The minimum absolute atomic E-state index is 0.165. The predicted molar refractivity (Wildman–Crippen MR) is 185 cm³/mol. The zero-order chi connectivity index (χ0) is 33.8. The van der Waals surface area contributed by atoms with E-state index in [0.717, 1.165) is 47.7 Å². The fourth-order valence-electron chi connectivity index (χ4n) is 5.55. The van der Waals surface area contributed by atoms with Crippen molar-refractivity contribution >= 4 is 28.2 Å². The number of ether oxygens (including phenoxy) is 1. The van der Waals surface area contributed by atoms with E-state index in [1.54, 1.807) is 34.3 Å². The minimum atomic E-state index is -3.67. The number of carbonyl (C=O) groups excluding carboxylic acids is 2.